The third kappa shape index (κ3) is 36.1. The van der Waals surface area contributed by atoms with E-state index in [1.54, 1.807) is 0 Å². The van der Waals surface area contributed by atoms with Gasteiger partial charge in [-0.2, -0.15) is 0 Å². The molecule has 1 heterocycles. The van der Waals surface area contributed by atoms with Crippen LogP contribution in [-0.4, -0.2) is 89.2 Å². The molecule has 0 aromatic rings. The quantitative estimate of drug-likeness (QED) is 0.0228. The number of aliphatic hydroxyl groups is 2. The number of carbonyl (C=O) groups excluding carboxylic acids is 3. The highest BCUT2D eigenvalue weighted by Crippen LogP contribution is 2.26. The van der Waals surface area contributed by atoms with Gasteiger partial charge in [-0.25, -0.2) is 4.79 Å². The molecule has 0 saturated carbocycles. The summed E-state index contributed by atoms with van der Waals surface area (Å²) in [6, 6.07) is 0. The fourth-order valence-corrected chi connectivity index (χ4v) is 7.88. The Balaban J connectivity index is 2.75. The first-order valence-electron chi connectivity index (χ1n) is 27.3. The minimum Gasteiger partial charge on any atom is -0.479 e. The van der Waals surface area contributed by atoms with Crippen LogP contribution in [0.2, 0.25) is 0 Å². The molecule has 1 rings (SSSR count). The summed E-state index contributed by atoms with van der Waals surface area (Å²) in [5.74, 6) is -3.18. The summed E-state index contributed by atoms with van der Waals surface area (Å²) in [5, 5.41) is 31.3. The number of carbonyl (C=O) groups is 4. The highest BCUT2D eigenvalue weighted by Gasteiger charge is 2.50. The van der Waals surface area contributed by atoms with E-state index in [0.29, 0.717) is 19.3 Å². The normalized spacial score (nSPS) is 19.1. The molecule has 6 unspecified atom stereocenters. The van der Waals surface area contributed by atoms with Gasteiger partial charge in [0.15, 0.2) is 24.6 Å². The number of rotatable bonds is 45. The second-order valence-corrected chi connectivity index (χ2v) is 18.5. The third-order valence-electron chi connectivity index (χ3n) is 12.1. The molecule has 0 aromatic carbocycles. The average Bonchev–Trinajstić information content (AvgIpc) is 3.33. The monoisotopic (exact) mass is 973 g/mol. The van der Waals surface area contributed by atoms with Gasteiger partial charge in [0.2, 0.25) is 0 Å². The molecule has 6 atom stereocenters. The lowest BCUT2D eigenvalue weighted by molar-refractivity contribution is -0.301. The Hall–Kier alpha value is -3.58. The Bertz CT molecular complexity index is 1440. The van der Waals surface area contributed by atoms with Crippen molar-refractivity contribution in [3.05, 3.63) is 60.8 Å². The van der Waals surface area contributed by atoms with Gasteiger partial charge in [-0.3, -0.25) is 14.4 Å². The minimum atomic E-state index is -1.91. The van der Waals surface area contributed by atoms with E-state index in [0.717, 1.165) is 103 Å². The van der Waals surface area contributed by atoms with Gasteiger partial charge >= 0.3 is 23.9 Å². The van der Waals surface area contributed by atoms with Crippen LogP contribution in [0.4, 0.5) is 0 Å². The highest BCUT2D eigenvalue weighted by atomic mass is 16.7. The van der Waals surface area contributed by atoms with Crippen LogP contribution in [-0.2, 0) is 42.9 Å². The second kappa shape index (κ2) is 45.6. The first-order valence-corrected chi connectivity index (χ1v) is 27.3. The van der Waals surface area contributed by atoms with Gasteiger partial charge in [0, 0.05) is 19.3 Å². The van der Waals surface area contributed by atoms with Crippen LogP contribution in [0.5, 0.6) is 0 Å². The van der Waals surface area contributed by atoms with Crippen molar-refractivity contribution in [3.63, 3.8) is 0 Å². The number of hydrogen-bond acceptors (Lipinski definition) is 11. The number of hydrogen-bond donors (Lipinski definition) is 3. The van der Waals surface area contributed by atoms with Crippen molar-refractivity contribution < 1.29 is 58.2 Å². The lowest BCUT2D eigenvalue weighted by atomic mass is 9.98. The van der Waals surface area contributed by atoms with E-state index in [2.05, 4.69) is 81.5 Å². The number of carboxylic acids is 1. The maximum Gasteiger partial charge on any atom is 0.335 e. The summed E-state index contributed by atoms with van der Waals surface area (Å²) < 4.78 is 28.2. The number of esters is 3. The molecule has 0 radical (unpaired) electrons. The molecular weight excluding hydrogens is 877 g/mol. The molecule has 0 amide bonds. The summed E-state index contributed by atoms with van der Waals surface area (Å²) in [6.45, 7) is 5.78. The van der Waals surface area contributed by atoms with Gasteiger partial charge in [0.25, 0.3) is 0 Å². The van der Waals surface area contributed by atoms with Gasteiger partial charge in [0.1, 0.15) is 18.8 Å². The van der Waals surface area contributed by atoms with Crippen molar-refractivity contribution in [2.75, 3.05) is 13.2 Å². The molecule has 1 saturated heterocycles. The van der Waals surface area contributed by atoms with Crippen LogP contribution >= 0.6 is 0 Å². The van der Waals surface area contributed by atoms with E-state index in [9.17, 15) is 34.5 Å². The fraction of sp³-hybridized carbons (Fsp3) is 0.754. The molecule has 69 heavy (non-hydrogen) atoms. The predicted octanol–water partition coefficient (Wildman–Crippen LogP) is 13.2. The molecule has 1 aliphatic rings. The smallest absolute Gasteiger partial charge is 0.335 e. The molecule has 0 bridgehead atoms. The van der Waals surface area contributed by atoms with Crippen molar-refractivity contribution in [1.29, 1.82) is 0 Å². The van der Waals surface area contributed by atoms with Crippen LogP contribution in [0.25, 0.3) is 0 Å². The molecule has 1 fully saturated rings. The molecule has 12 nitrogen and oxygen atoms in total. The maximum absolute atomic E-state index is 13.1. The average molecular weight is 973 g/mol. The van der Waals surface area contributed by atoms with Crippen LogP contribution in [0.1, 0.15) is 226 Å². The van der Waals surface area contributed by atoms with Crippen LogP contribution < -0.4 is 0 Å². The Morgan fingerprint density at radius 2 is 0.913 bits per heavy atom. The van der Waals surface area contributed by atoms with Gasteiger partial charge in [-0.1, -0.05) is 184 Å². The lowest BCUT2D eigenvalue weighted by Crippen LogP contribution is -2.61. The van der Waals surface area contributed by atoms with Crippen LogP contribution in [0.15, 0.2) is 60.8 Å². The van der Waals surface area contributed by atoms with Gasteiger partial charge in [-0.05, 0) is 83.5 Å². The number of aliphatic carboxylic acids is 1. The molecule has 0 spiro atoms. The summed E-state index contributed by atoms with van der Waals surface area (Å²) in [7, 11) is 0. The second-order valence-electron chi connectivity index (χ2n) is 18.5. The van der Waals surface area contributed by atoms with Crippen molar-refractivity contribution in [2.24, 2.45) is 0 Å². The summed E-state index contributed by atoms with van der Waals surface area (Å²) >= 11 is 0. The Morgan fingerprint density at radius 3 is 1.43 bits per heavy atom. The van der Waals surface area contributed by atoms with Gasteiger partial charge in [-0.15, -0.1) is 0 Å². The number of ether oxygens (including phenoxy) is 5. The fourth-order valence-electron chi connectivity index (χ4n) is 7.88. The van der Waals surface area contributed by atoms with Crippen molar-refractivity contribution in [3.8, 4) is 0 Å². The van der Waals surface area contributed by atoms with Gasteiger partial charge < -0.3 is 39.0 Å². The summed E-state index contributed by atoms with van der Waals surface area (Å²) in [4.78, 5) is 50.8. The molecule has 1 aliphatic heterocycles. The molecule has 3 N–H and O–H groups in total. The number of aliphatic hydroxyl groups excluding tert-OH is 2. The molecule has 12 heteroatoms. The van der Waals surface area contributed by atoms with E-state index >= 15 is 0 Å². The van der Waals surface area contributed by atoms with E-state index in [-0.39, 0.29) is 25.9 Å². The third-order valence-corrected chi connectivity index (χ3v) is 12.1. The summed E-state index contributed by atoms with van der Waals surface area (Å²) in [6.07, 6.45) is 42.2. The van der Waals surface area contributed by atoms with Crippen molar-refractivity contribution >= 4 is 23.9 Å². The van der Waals surface area contributed by atoms with E-state index in [1.807, 2.05) is 0 Å². The first-order chi connectivity index (χ1) is 33.6. The van der Waals surface area contributed by atoms with Crippen molar-refractivity contribution in [2.45, 2.75) is 263 Å². The lowest BCUT2D eigenvalue weighted by Gasteiger charge is -2.40. The Labute approximate surface area is 417 Å². The zero-order valence-corrected chi connectivity index (χ0v) is 43.3. The predicted molar refractivity (Wildman–Crippen MR) is 275 cm³/mol. The Kier molecular flexibility index (Phi) is 41.9. The summed E-state index contributed by atoms with van der Waals surface area (Å²) in [5.41, 5.74) is 0. The van der Waals surface area contributed by atoms with Gasteiger partial charge in [0.05, 0.1) is 6.61 Å². The van der Waals surface area contributed by atoms with Crippen LogP contribution in [0.3, 0.4) is 0 Å². The number of allylic oxidation sites excluding steroid dienone is 10. The van der Waals surface area contributed by atoms with Crippen molar-refractivity contribution in [1.82, 2.24) is 0 Å². The standard InChI is InChI=1S/C57H96O12/c1-4-7-10-13-16-19-21-23-25-27-29-32-34-37-40-43-49(58)65-46-48(67-50(59)44-41-38-36-33-30-28-26-24-22-20-17-14-11-8-5-2)47-66-57-55(53(62)52(61)54(69-57)56(63)64)68-51(60)45-42-39-35-31-18-15-12-9-6-3/h7,10,16,19,23-26,29,32,48,52-55,57,61-62H,4-6,8-9,11-15,17-18,20-22,27-28,30-31,33-47H2,1-3H3,(H,63,64)/b10-7-,19-16-,25-23-,26-24-,32-29-. The Morgan fingerprint density at radius 1 is 0.493 bits per heavy atom. The first kappa shape index (κ1) is 63.4. The number of carboxylic acid groups (broad SMARTS) is 1. The SMILES string of the molecule is CC/C=C\C/C=C\C/C=C\C/C=C\CCCCC(=O)OCC(COC1OC(C(=O)O)C(O)C(O)C1OC(=O)CCCCCCCCCCC)OC(=O)CCCCCCC/C=C\CCCCCCCC. The molecule has 396 valence electrons. The molecule has 0 aromatic heterocycles. The van der Waals surface area contributed by atoms with E-state index in [4.69, 9.17) is 23.7 Å². The largest absolute Gasteiger partial charge is 0.479 e. The highest BCUT2D eigenvalue weighted by molar-refractivity contribution is 5.74. The minimum absolute atomic E-state index is 0.0558. The zero-order valence-electron chi connectivity index (χ0n) is 43.3. The topological polar surface area (TPSA) is 175 Å². The molecule has 0 aliphatic carbocycles. The zero-order chi connectivity index (χ0) is 50.4. The van der Waals surface area contributed by atoms with E-state index < -0.39 is 67.3 Å². The maximum atomic E-state index is 13.1. The van der Waals surface area contributed by atoms with E-state index in [1.165, 1.54) is 64.2 Å². The van der Waals surface area contributed by atoms with Crippen LogP contribution in [0, 0.1) is 0 Å². The number of unbranched alkanes of at least 4 members (excludes halogenated alkanes) is 21. The molecular formula is C57H96O12.